The highest BCUT2D eigenvalue weighted by Gasteiger charge is 2.33. The Hall–Kier alpha value is -2.37. The minimum absolute atomic E-state index is 0.126. The van der Waals surface area contributed by atoms with Crippen LogP contribution in [0.1, 0.15) is 23.6 Å². The normalized spacial score (nSPS) is 14.6. The molecule has 2 aromatic rings. The number of nitrogens with two attached hydrogens (primary N) is 1. The first kappa shape index (κ1) is 19.0. The maximum atomic E-state index is 11.9. The molecule has 5 nitrogen and oxygen atoms in total. The fourth-order valence-electron chi connectivity index (χ4n) is 2.53. The number of ether oxygens (including phenoxy) is 1. The summed E-state index contributed by atoms with van der Waals surface area (Å²) in [6, 6.07) is 15.2. The van der Waals surface area contributed by atoms with Crippen molar-refractivity contribution in [3.63, 3.8) is 0 Å². The van der Waals surface area contributed by atoms with Gasteiger partial charge in [0.1, 0.15) is 24.0 Å². The second-order valence-corrected chi connectivity index (χ2v) is 6.47. The zero-order valence-electron chi connectivity index (χ0n) is 15.0. The minimum Gasteiger partial charge on any atom is -0.491 e. The Balaban J connectivity index is 1.96. The molecular weight excluding hydrogens is 316 g/mol. The summed E-state index contributed by atoms with van der Waals surface area (Å²) in [6.07, 6.45) is -0.776. The van der Waals surface area contributed by atoms with Crippen LogP contribution >= 0.6 is 0 Å². The van der Waals surface area contributed by atoms with Crippen molar-refractivity contribution < 1.29 is 14.6 Å². The van der Waals surface area contributed by atoms with Crippen molar-refractivity contribution in [2.75, 3.05) is 13.2 Å². The number of hydrogen-bond acceptors (Lipinski definition) is 4. The second-order valence-electron chi connectivity index (χ2n) is 6.47. The average molecular weight is 342 g/mol. The smallest absolute Gasteiger partial charge is 0.242 e. The number of aliphatic hydroxyl groups is 1. The number of carbonyl (C=O) groups is 1. The number of hydrogen-bond donors (Lipinski definition) is 3. The van der Waals surface area contributed by atoms with Gasteiger partial charge in [-0.15, -0.1) is 0 Å². The largest absolute Gasteiger partial charge is 0.491 e. The number of aliphatic hydroxyl groups excluding tert-OH is 1. The molecule has 2 rings (SSSR count). The maximum absolute atomic E-state index is 11.9. The predicted octanol–water partition coefficient (Wildman–Crippen LogP) is 2.03. The zero-order valence-corrected chi connectivity index (χ0v) is 15.0. The van der Waals surface area contributed by atoms with Crippen molar-refractivity contribution in [3.8, 4) is 5.75 Å². The molecule has 0 bridgehead atoms. The van der Waals surface area contributed by atoms with Gasteiger partial charge in [-0.25, -0.2) is 0 Å². The van der Waals surface area contributed by atoms with Gasteiger partial charge in [-0.3, -0.25) is 10.1 Å². The fourth-order valence-corrected chi connectivity index (χ4v) is 2.53. The molecule has 25 heavy (non-hydrogen) atoms. The van der Waals surface area contributed by atoms with Crippen molar-refractivity contribution in [3.05, 3.63) is 65.2 Å². The summed E-state index contributed by atoms with van der Waals surface area (Å²) >= 11 is 0. The average Bonchev–Trinajstić information content (AvgIpc) is 2.61. The predicted molar refractivity (Wildman–Crippen MR) is 98.4 cm³/mol. The van der Waals surface area contributed by atoms with E-state index in [2.05, 4.69) is 5.32 Å². The van der Waals surface area contributed by atoms with E-state index in [1.165, 1.54) is 0 Å². The van der Waals surface area contributed by atoms with Crippen molar-refractivity contribution >= 4 is 5.91 Å². The number of carbonyl (C=O) groups excluding carboxylic acids is 1. The van der Waals surface area contributed by atoms with Gasteiger partial charge in [0.25, 0.3) is 0 Å². The van der Waals surface area contributed by atoms with Crippen LogP contribution in [0.3, 0.4) is 0 Å². The van der Waals surface area contributed by atoms with Crippen LogP contribution in [0.2, 0.25) is 0 Å². The van der Waals surface area contributed by atoms with Gasteiger partial charge in [-0.2, -0.15) is 0 Å². The van der Waals surface area contributed by atoms with E-state index >= 15 is 0 Å². The molecule has 1 amide bonds. The molecule has 0 aliphatic carbocycles. The summed E-state index contributed by atoms with van der Waals surface area (Å²) in [4.78, 5) is 11.9. The molecular formula is C20H26N2O3. The molecule has 0 heterocycles. The molecule has 0 saturated carbocycles. The van der Waals surface area contributed by atoms with Gasteiger partial charge in [-0.1, -0.05) is 42.5 Å². The summed E-state index contributed by atoms with van der Waals surface area (Å²) < 4.78 is 5.70. The molecule has 0 aliphatic rings. The van der Waals surface area contributed by atoms with Gasteiger partial charge in [0.2, 0.25) is 5.91 Å². The molecule has 4 N–H and O–H groups in total. The van der Waals surface area contributed by atoms with E-state index in [1.807, 2.05) is 62.4 Å². The Morgan fingerprint density at radius 1 is 1.24 bits per heavy atom. The lowest BCUT2D eigenvalue weighted by atomic mass is 9.91. The first-order chi connectivity index (χ1) is 11.8. The third kappa shape index (κ3) is 4.81. The van der Waals surface area contributed by atoms with E-state index in [0.717, 1.165) is 22.4 Å². The number of amides is 1. The number of aryl methyl sites for hydroxylation is 2. The monoisotopic (exact) mass is 342 g/mol. The minimum atomic E-state index is -1.05. The van der Waals surface area contributed by atoms with E-state index in [1.54, 1.807) is 6.92 Å². The highest BCUT2D eigenvalue weighted by molar-refractivity contribution is 5.85. The number of nitrogens with one attached hydrogen (secondary N) is 1. The fraction of sp³-hybridized carbons (Fsp3) is 0.350. The van der Waals surface area contributed by atoms with Crippen LogP contribution in [0.25, 0.3) is 0 Å². The third-order valence-corrected chi connectivity index (χ3v) is 4.31. The number of rotatable bonds is 8. The quantitative estimate of drug-likeness (QED) is 0.685. The van der Waals surface area contributed by atoms with Crippen LogP contribution in [0.5, 0.6) is 5.75 Å². The van der Waals surface area contributed by atoms with Crippen molar-refractivity contribution in [1.82, 2.24) is 5.32 Å². The molecule has 5 heteroatoms. The summed E-state index contributed by atoms with van der Waals surface area (Å²) in [5.74, 6) is 0.251. The van der Waals surface area contributed by atoms with Crippen molar-refractivity contribution in [2.45, 2.75) is 32.4 Å². The Labute approximate surface area is 148 Å². The highest BCUT2D eigenvalue weighted by Crippen LogP contribution is 2.21. The zero-order chi connectivity index (χ0) is 18.4. The van der Waals surface area contributed by atoms with E-state index in [4.69, 9.17) is 10.5 Å². The lowest BCUT2D eigenvalue weighted by molar-refractivity contribution is -0.124. The Morgan fingerprint density at radius 3 is 2.56 bits per heavy atom. The van der Waals surface area contributed by atoms with Crippen LogP contribution in [0, 0.1) is 13.8 Å². The van der Waals surface area contributed by atoms with E-state index in [-0.39, 0.29) is 13.2 Å². The summed E-state index contributed by atoms with van der Waals surface area (Å²) in [5.41, 5.74) is 7.38. The topological polar surface area (TPSA) is 84.6 Å². The molecule has 134 valence electrons. The SMILES string of the molecule is Cc1ccc(C)c(OCC(O)CNC(C)(C(N)=O)c2ccccc2)c1. The highest BCUT2D eigenvalue weighted by atomic mass is 16.5. The summed E-state index contributed by atoms with van der Waals surface area (Å²) in [7, 11) is 0. The summed E-state index contributed by atoms with van der Waals surface area (Å²) in [6.45, 7) is 5.96. The standard InChI is InChI=1S/C20H26N2O3/c1-14-9-10-15(2)18(11-14)25-13-17(23)12-22-20(3,19(21)24)16-7-5-4-6-8-16/h4-11,17,22-23H,12-13H2,1-3H3,(H2,21,24). The van der Waals surface area contributed by atoms with Crippen LogP contribution in [0.15, 0.2) is 48.5 Å². The second kappa shape index (κ2) is 8.14. The van der Waals surface area contributed by atoms with E-state index in [9.17, 15) is 9.90 Å². The van der Waals surface area contributed by atoms with Gasteiger partial charge in [-0.05, 0) is 43.5 Å². The Kier molecular flexibility index (Phi) is 6.17. The molecule has 0 spiro atoms. The van der Waals surface area contributed by atoms with Crippen LogP contribution in [-0.4, -0.2) is 30.3 Å². The molecule has 0 radical (unpaired) electrons. The number of benzene rings is 2. The van der Waals surface area contributed by atoms with Gasteiger partial charge in [0.15, 0.2) is 0 Å². The number of primary amides is 1. The van der Waals surface area contributed by atoms with Gasteiger partial charge >= 0.3 is 0 Å². The molecule has 0 saturated heterocycles. The van der Waals surface area contributed by atoms with Crippen LogP contribution in [-0.2, 0) is 10.3 Å². The van der Waals surface area contributed by atoms with Crippen LogP contribution < -0.4 is 15.8 Å². The van der Waals surface area contributed by atoms with Gasteiger partial charge in [0, 0.05) is 6.54 Å². The maximum Gasteiger partial charge on any atom is 0.242 e. The van der Waals surface area contributed by atoms with E-state index in [0.29, 0.717) is 0 Å². The molecule has 0 fully saturated rings. The molecule has 2 aromatic carbocycles. The van der Waals surface area contributed by atoms with E-state index < -0.39 is 17.6 Å². The molecule has 0 aromatic heterocycles. The Morgan fingerprint density at radius 2 is 1.92 bits per heavy atom. The molecule has 2 atom stereocenters. The Bertz CT molecular complexity index is 718. The summed E-state index contributed by atoms with van der Waals surface area (Å²) in [5, 5.41) is 13.3. The lowest BCUT2D eigenvalue weighted by Crippen LogP contribution is -2.53. The molecule has 0 aliphatic heterocycles. The lowest BCUT2D eigenvalue weighted by Gasteiger charge is -2.29. The van der Waals surface area contributed by atoms with Crippen molar-refractivity contribution in [2.24, 2.45) is 5.73 Å². The first-order valence-electron chi connectivity index (χ1n) is 8.31. The van der Waals surface area contributed by atoms with Gasteiger partial charge < -0.3 is 15.6 Å². The van der Waals surface area contributed by atoms with Crippen LogP contribution in [0.4, 0.5) is 0 Å². The third-order valence-electron chi connectivity index (χ3n) is 4.31. The van der Waals surface area contributed by atoms with Gasteiger partial charge in [0.05, 0.1) is 0 Å². The molecule has 2 unspecified atom stereocenters. The first-order valence-corrected chi connectivity index (χ1v) is 8.31. The van der Waals surface area contributed by atoms with Crippen molar-refractivity contribution in [1.29, 1.82) is 0 Å².